The van der Waals surface area contributed by atoms with E-state index in [1.165, 1.54) is 0 Å². The van der Waals surface area contributed by atoms with Gasteiger partial charge in [-0.3, -0.25) is 0 Å². The molecule has 0 unspecified atom stereocenters. The van der Waals surface area contributed by atoms with Gasteiger partial charge < -0.3 is 10.5 Å². The molecule has 3 aromatic heterocycles. The Bertz CT molecular complexity index is 1050. The Balaban J connectivity index is 1.98. The van der Waals surface area contributed by atoms with Gasteiger partial charge in [-0.2, -0.15) is 0 Å². The second-order valence-electron chi connectivity index (χ2n) is 5.42. The number of fused-ring (bicyclic) bond motifs is 1. The third-order valence-electron chi connectivity index (χ3n) is 3.85. The summed E-state index contributed by atoms with van der Waals surface area (Å²) in [5.74, 6) is 0.742. The monoisotopic (exact) mass is 329 g/mol. The summed E-state index contributed by atoms with van der Waals surface area (Å²) in [7, 11) is 1.59. The van der Waals surface area contributed by atoms with Crippen LogP contribution in [0.3, 0.4) is 0 Å². The van der Waals surface area contributed by atoms with Crippen LogP contribution in [0.5, 0.6) is 5.88 Å². The summed E-state index contributed by atoms with van der Waals surface area (Å²) in [5, 5.41) is 0. The van der Waals surface area contributed by atoms with Gasteiger partial charge in [-0.05, 0) is 24.3 Å². The summed E-state index contributed by atoms with van der Waals surface area (Å²) in [6.45, 7) is 0. The van der Waals surface area contributed by atoms with E-state index in [4.69, 9.17) is 15.5 Å². The average Bonchev–Trinajstić information content (AvgIpc) is 2.67. The van der Waals surface area contributed by atoms with E-state index >= 15 is 0 Å². The number of aromatic nitrogens is 4. The van der Waals surface area contributed by atoms with Gasteiger partial charge in [0, 0.05) is 11.8 Å². The lowest BCUT2D eigenvalue weighted by atomic mass is 10.1. The highest BCUT2D eigenvalue weighted by atomic mass is 16.5. The molecule has 1 aromatic carbocycles. The van der Waals surface area contributed by atoms with Crippen molar-refractivity contribution in [2.75, 3.05) is 12.8 Å². The van der Waals surface area contributed by atoms with Crippen molar-refractivity contribution >= 4 is 17.0 Å². The minimum Gasteiger partial charge on any atom is -0.481 e. The van der Waals surface area contributed by atoms with Gasteiger partial charge >= 0.3 is 0 Å². The highest BCUT2D eigenvalue weighted by molar-refractivity contribution is 5.91. The number of benzene rings is 1. The van der Waals surface area contributed by atoms with Crippen molar-refractivity contribution in [2.45, 2.75) is 0 Å². The van der Waals surface area contributed by atoms with Gasteiger partial charge in [-0.15, -0.1) is 0 Å². The van der Waals surface area contributed by atoms with Crippen molar-refractivity contribution in [1.82, 2.24) is 19.9 Å². The number of rotatable bonds is 3. The standard InChI is InChI=1S/C19H15N5O/c1-25-18-13(8-5-11-21-18)14-9-10-15-17(22-14)16(24-19(20)23-15)12-6-3-2-4-7-12/h2-11H,1H3,(H2,20,23,24). The lowest BCUT2D eigenvalue weighted by Gasteiger charge is -2.10. The van der Waals surface area contributed by atoms with E-state index < -0.39 is 0 Å². The third-order valence-corrected chi connectivity index (χ3v) is 3.85. The van der Waals surface area contributed by atoms with Crippen molar-refractivity contribution < 1.29 is 4.74 Å². The molecule has 2 N–H and O–H groups in total. The van der Waals surface area contributed by atoms with Crippen LogP contribution in [-0.4, -0.2) is 27.0 Å². The van der Waals surface area contributed by atoms with Crippen molar-refractivity contribution in [2.24, 2.45) is 0 Å². The van der Waals surface area contributed by atoms with Gasteiger partial charge in [0.15, 0.2) is 0 Å². The van der Waals surface area contributed by atoms with Gasteiger partial charge in [-0.1, -0.05) is 30.3 Å². The first-order chi connectivity index (χ1) is 12.3. The number of pyridine rings is 2. The number of nitrogen functional groups attached to an aromatic ring is 1. The van der Waals surface area contributed by atoms with Crippen LogP contribution in [0.1, 0.15) is 0 Å². The molecule has 0 saturated heterocycles. The molecule has 0 fully saturated rings. The van der Waals surface area contributed by atoms with E-state index in [1.54, 1.807) is 13.3 Å². The first-order valence-corrected chi connectivity index (χ1v) is 7.75. The molecule has 0 aliphatic rings. The highest BCUT2D eigenvalue weighted by Gasteiger charge is 2.13. The summed E-state index contributed by atoms with van der Waals surface area (Å²) in [5.41, 5.74) is 10.4. The molecule has 0 spiro atoms. The summed E-state index contributed by atoms with van der Waals surface area (Å²) >= 11 is 0. The zero-order valence-electron chi connectivity index (χ0n) is 13.5. The molecule has 0 bridgehead atoms. The van der Waals surface area contributed by atoms with Gasteiger partial charge in [0.05, 0.1) is 23.9 Å². The lowest BCUT2D eigenvalue weighted by molar-refractivity contribution is 0.399. The van der Waals surface area contributed by atoms with Crippen molar-refractivity contribution in [3.63, 3.8) is 0 Å². The van der Waals surface area contributed by atoms with Crippen LogP contribution in [0, 0.1) is 0 Å². The number of methoxy groups -OCH3 is 1. The van der Waals surface area contributed by atoms with Crippen molar-refractivity contribution in [3.05, 3.63) is 60.8 Å². The molecule has 122 valence electrons. The summed E-state index contributed by atoms with van der Waals surface area (Å²) in [6, 6.07) is 17.3. The van der Waals surface area contributed by atoms with E-state index in [0.29, 0.717) is 22.6 Å². The Labute approximate surface area is 144 Å². The molecule has 0 aliphatic carbocycles. The van der Waals surface area contributed by atoms with Crippen LogP contribution in [-0.2, 0) is 0 Å². The van der Waals surface area contributed by atoms with E-state index in [9.17, 15) is 0 Å². The quantitative estimate of drug-likeness (QED) is 0.620. The molecule has 6 nitrogen and oxygen atoms in total. The number of ether oxygens (including phenoxy) is 1. The van der Waals surface area contributed by atoms with Crippen LogP contribution >= 0.6 is 0 Å². The van der Waals surface area contributed by atoms with E-state index in [-0.39, 0.29) is 5.95 Å². The fourth-order valence-electron chi connectivity index (χ4n) is 2.73. The van der Waals surface area contributed by atoms with E-state index in [1.807, 2.05) is 54.6 Å². The molecule has 0 amide bonds. The predicted molar refractivity (Wildman–Crippen MR) is 97.0 cm³/mol. The molecular formula is C19H15N5O. The first-order valence-electron chi connectivity index (χ1n) is 7.75. The number of anilines is 1. The van der Waals surface area contributed by atoms with Crippen LogP contribution < -0.4 is 10.5 Å². The summed E-state index contributed by atoms with van der Waals surface area (Å²) in [6.07, 6.45) is 1.68. The fourth-order valence-corrected chi connectivity index (χ4v) is 2.73. The van der Waals surface area contributed by atoms with Crippen LogP contribution in [0.2, 0.25) is 0 Å². The normalized spacial score (nSPS) is 10.8. The van der Waals surface area contributed by atoms with Gasteiger partial charge in [-0.25, -0.2) is 19.9 Å². The Morgan fingerprint density at radius 2 is 1.72 bits per heavy atom. The van der Waals surface area contributed by atoms with Gasteiger partial charge in [0.25, 0.3) is 0 Å². The molecule has 0 radical (unpaired) electrons. The van der Waals surface area contributed by atoms with Crippen LogP contribution in [0.4, 0.5) is 5.95 Å². The van der Waals surface area contributed by atoms with Crippen LogP contribution in [0.15, 0.2) is 60.8 Å². The molecule has 0 atom stereocenters. The zero-order chi connectivity index (χ0) is 17.2. The van der Waals surface area contributed by atoms with Crippen LogP contribution in [0.25, 0.3) is 33.5 Å². The Morgan fingerprint density at radius 3 is 2.52 bits per heavy atom. The maximum absolute atomic E-state index is 5.88. The van der Waals surface area contributed by atoms with Gasteiger partial charge in [0.2, 0.25) is 11.8 Å². The smallest absolute Gasteiger partial charge is 0.222 e. The zero-order valence-corrected chi connectivity index (χ0v) is 13.5. The Morgan fingerprint density at radius 1 is 0.880 bits per heavy atom. The maximum Gasteiger partial charge on any atom is 0.222 e. The number of nitrogens with two attached hydrogens (primary N) is 1. The third kappa shape index (κ3) is 2.74. The number of nitrogens with zero attached hydrogens (tertiary/aromatic N) is 4. The predicted octanol–water partition coefficient (Wildman–Crippen LogP) is 3.34. The molecule has 4 aromatic rings. The van der Waals surface area contributed by atoms with Crippen molar-refractivity contribution in [3.8, 4) is 28.4 Å². The lowest BCUT2D eigenvalue weighted by Crippen LogP contribution is -2.00. The minimum absolute atomic E-state index is 0.222. The topological polar surface area (TPSA) is 86.8 Å². The maximum atomic E-state index is 5.88. The van der Waals surface area contributed by atoms with E-state index in [0.717, 1.165) is 16.8 Å². The molecule has 0 aliphatic heterocycles. The fraction of sp³-hybridized carbons (Fsp3) is 0.0526. The first kappa shape index (κ1) is 15.0. The molecule has 0 saturated carbocycles. The minimum atomic E-state index is 0.222. The number of hydrogen-bond acceptors (Lipinski definition) is 6. The molecule has 6 heteroatoms. The summed E-state index contributed by atoms with van der Waals surface area (Å²) in [4.78, 5) is 17.7. The molecule has 25 heavy (non-hydrogen) atoms. The molecular weight excluding hydrogens is 314 g/mol. The molecule has 4 rings (SSSR count). The van der Waals surface area contributed by atoms with Gasteiger partial charge in [0.1, 0.15) is 11.2 Å². The Kier molecular flexibility index (Phi) is 3.70. The Hall–Kier alpha value is -3.54. The second kappa shape index (κ2) is 6.16. The number of hydrogen-bond donors (Lipinski definition) is 1. The second-order valence-corrected chi connectivity index (χ2v) is 5.42. The van der Waals surface area contributed by atoms with E-state index in [2.05, 4.69) is 15.0 Å². The average molecular weight is 329 g/mol. The largest absolute Gasteiger partial charge is 0.481 e. The highest BCUT2D eigenvalue weighted by Crippen LogP contribution is 2.30. The molecule has 3 heterocycles. The summed E-state index contributed by atoms with van der Waals surface area (Å²) < 4.78 is 5.34. The SMILES string of the molecule is COc1ncccc1-c1ccc2nc(N)nc(-c3ccccc3)c2n1. The van der Waals surface area contributed by atoms with Crippen molar-refractivity contribution in [1.29, 1.82) is 0 Å².